The van der Waals surface area contributed by atoms with E-state index >= 15 is 0 Å². The molecule has 1 N–H and O–H groups in total. The number of rotatable bonds is 8. The van der Waals surface area contributed by atoms with Gasteiger partial charge in [0.05, 0.1) is 36.8 Å². The number of benzene rings is 1. The second-order valence-electron chi connectivity index (χ2n) is 7.89. The molecule has 0 saturated carbocycles. The summed E-state index contributed by atoms with van der Waals surface area (Å²) in [6, 6.07) is 7.43. The predicted molar refractivity (Wildman–Crippen MR) is 126 cm³/mol. The number of aryl methyl sites for hydroxylation is 1. The van der Waals surface area contributed by atoms with Crippen LogP contribution in [0.3, 0.4) is 0 Å². The molecule has 3 aromatic rings. The van der Waals surface area contributed by atoms with Crippen molar-refractivity contribution < 1.29 is 19.1 Å². The summed E-state index contributed by atoms with van der Waals surface area (Å²) in [7, 11) is 1.32. The van der Waals surface area contributed by atoms with E-state index in [9.17, 15) is 9.59 Å². The van der Waals surface area contributed by atoms with Crippen molar-refractivity contribution in [1.29, 1.82) is 0 Å². The number of nitrogens with zero attached hydrogens (tertiary/aromatic N) is 3. The first kappa shape index (κ1) is 23.5. The zero-order valence-corrected chi connectivity index (χ0v) is 20.3. The second kappa shape index (κ2) is 10.1. The first-order chi connectivity index (χ1) is 15.9. The van der Waals surface area contributed by atoms with Crippen LogP contribution in [0.2, 0.25) is 5.02 Å². The highest BCUT2D eigenvalue weighted by Gasteiger charge is 2.25. The number of hydrogen-bond donors (Lipinski definition) is 1. The smallest absolute Gasteiger partial charge is 0.339 e. The Kier molecular flexibility index (Phi) is 7.21. The van der Waals surface area contributed by atoms with Gasteiger partial charge in [-0.15, -0.1) is 10.2 Å². The maximum Gasteiger partial charge on any atom is 0.339 e. The molecule has 0 unspecified atom stereocenters. The third-order valence-electron chi connectivity index (χ3n) is 5.67. The molecule has 3 heterocycles. The maximum atomic E-state index is 13.0. The fourth-order valence-electron chi connectivity index (χ4n) is 4.00. The van der Waals surface area contributed by atoms with Gasteiger partial charge in [0.25, 0.3) is 0 Å². The molecule has 10 heteroatoms. The Bertz CT molecular complexity index is 1170. The van der Waals surface area contributed by atoms with E-state index in [4.69, 9.17) is 21.1 Å². The quantitative estimate of drug-likeness (QED) is 0.283. The highest BCUT2D eigenvalue weighted by atomic mass is 35.5. The van der Waals surface area contributed by atoms with Crippen molar-refractivity contribution in [3.63, 3.8) is 0 Å². The number of ether oxygens (including phenoxy) is 2. The molecule has 2 aromatic heterocycles. The van der Waals surface area contributed by atoms with Crippen LogP contribution >= 0.6 is 23.4 Å². The molecule has 1 aromatic carbocycles. The van der Waals surface area contributed by atoms with Gasteiger partial charge in [-0.3, -0.25) is 9.36 Å². The zero-order valence-electron chi connectivity index (χ0n) is 18.7. The number of halogens is 1. The molecule has 1 fully saturated rings. The number of aromatic nitrogens is 4. The van der Waals surface area contributed by atoms with E-state index in [1.807, 2.05) is 28.8 Å². The normalized spacial score (nSPS) is 15.7. The molecule has 174 valence electrons. The van der Waals surface area contributed by atoms with Gasteiger partial charge in [0.15, 0.2) is 16.8 Å². The lowest BCUT2D eigenvalue weighted by molar-refractivity contribution is 0.0599. The number of hydrogen-bond acceptors (Lipinski definition) is 7. The van der Waals surface area contributed by atoms with Crippen molar-refractivity contribution in [2.75, 3.05) is 19.5 Å². The van der Waals surface area contributed by atoms with Gasteiger partial charge in [-0.1, -0.05) is 23.4 Å². The molecule has 0 radical (unpaired) electrons. The molecule has 33 heavy (non-hydrogen) atoms. The Morgan fingerprint density at radius 1 is 1.27 bits per heavy atom. The fourth-order valence-corrected chi connectivity index (χ4v) is 4.95. The molecule has 1 aliphatic heterocycles. The number of carbonyl (C=O) groups is 2. The zero-order chi connectivity index (χ0) is 23.5. The van der Waals surface area contributed by atoms with Gasteiger partial charge in [-0.05, 0) is 56.5 Å². The molecule has 0 spiro atoms. The summed E-state index contributed by atoms with van der Waals surface area (Å²) in [6.45, 7) is 4.85. The van der Waals surface area contributed by atoms with Crippen molar-refractivity contribution in [3.8, 4) is 11.4 Å². The van der Waals surface area contributed by atoms with Crippen molar-refractivity contribution in [3.05, 3.63) is 51.8 Å². The van der Waals surface area contributed by atoms with Crippen molar-refractivity contribution in [1.82, 2.24) is 19.7 Å². The van der Waals surface area contributed by atoms with Crippen LogP contribution in [0, 0.1) is 13.8 Å². The molecular weight excluding hydrogens is 464 g/mol. The number of thioether (sulfide) groups is 1. The van der Waals surface area contributed by atoms with E-state index in [1.54, 1.807) is 13.8 Å². The van der Waals surface area contributed by atoms with E-state index < -0.39 is 5.97 Å². The van der Waals surface area contributed by atoms with E-state index in [2.05, 4.69) is 15.2 Å². The maximum absolute atomic E-state index is 13.0. The number of methoxy groups -OCH3 is 1. The summed E-state index contributed by atoms with van der Waals surface area (Å²) in [4.78, 5) is 28.1. The van der Waals surface area contributed by atoms with Gasteiger partial charge >= 0.3 is 5.97 Å². The third kappa shape index (κ3) is 5.00. The monoisotopic (exact) mass is 488 g/mol. The minimum Gasteiger partial charge on any atom is -0.465 e. The van der Waals surface area contributed by atoms with Gasteiger partial charge in [0, 0.05) is 22.9 Å². The molecule has 8 nitrogen and oxygen atoms in total. The Morgan fingerprint density at radius 3 is 2.70 bits per heavy atom. The number of H-pyrrole nitrogens is 1. The molecule has 1 aliphatic rings. The Labute approximate surface area is 201 Å². The molecular formula is C23H25ClN4O4S. The van der Waals surface area contributed by atoms with Crippen LogP contribution in [-0.2, 0) is 16.0 Å². The third-order valence-corrected chi connectivity index (χ3v) is 6.89. The number of ketones is 1. The topological polar surface area (TPSA) is 99.1 Å². The molecule has 1 atom stereocenters. The van der Waals surface area contributed by atoms with Crippen molar-refractivity contribution in [2.45, 2.75) is 44.5 Å². The Balaban J connectivity index is 1.57. The highest BCUT2D eigenvalue weighted by Crippen LogP contribution is 2.28. The minimum absolute atomic E-state index is 0.0815. The summed E-state index contributed by atoms with van der Waals surface area (Å²) < 4.78 is 12.7. The fraction of sp³-hybridized carbons (Fsp3) is 0.391. The van der Waals surface area contributed by atoms with Crippen LogP contribution in [-0.4, -0.2) is 57.1 Å². The van der Waals surface area contributed by atoms with Gasteiger partial charge in [-0.2, -0.15) is 0 Å². The second-order valence-corrected chi connectivity index (χ2v) is 9.27. The average molecular weight is 489 g/mol. The molecule has 1 saturated heterocycles. The van der Waals surface area contributed by atoms with Gasteiger partial charge in [0.2, 0.25) is 0 Å². The predicted octanol–water partition coefficient (Wildman–Crippen LogP) is 4.48. The Morgan fingerprint density at radius 2 is 2.03 bits per heavy atom. The number of esters is 1. The van der Waals surface area contributed by atoms with Gasteiger partial charge < -0.3 is 14.5 Å². The van der Waals surface area contributed by atoms with E-state index in [0.717, 1.165) is 25.0 Å². The number of aromatic amines is 1. The first-order valence-electron chi connectivity index (χ1n) is 10.6. The molecule has 0 amide bonds. The summed E-state index contributed by atoms with van der Waals surface area (Å²) in [5.41, 5.74) is 2.90. The number of Topliss-reactive ketones (excluding diaryl/α,β-unsaturated/α-hetero) is 1. The van der Waals surface area contributed by atoms with E-state index in [0.29, 0.717) is 45.1 Å². The first-order valence-corrected chi connectivity index (χ1v) is 12.0. The highest BCUT2D eigenvalue weighted by molar-refractivity contribution is 7.99. The van der Waals surface area contributed by atoms with E-state index in [1.165, 1.54) is 18.9 Å². The largest absolute Gasteiger partial charge is 0.465 e. The van der Waals surface area contributed by atoms with Crippen LogP contribution in [0.1, 0.15) is 44.9 Å². The lowest BCUT2D eigenvalue weighted by atomic mass is 10.1. The molecule has 0 bridgehead atoms. The number of carbonyl (C=O) groups excluding carboxylic acids is 2. The van der Waals surface area contributed by atoms with Crippen molar-refractivity contribution >= 4 is 35.1 Å². The van der Waals surface area contributed by atoms with E-state index in [-0.39, 0.29) is 17.6 Å². The Hall–Kier alpha value is -2.62. The van der Waals surface area contributed by atoms with Gasteiger partial charge in [0.1, 0.15) is 0 Å². The van der Waals surface area contributed by atoms with Crippen LogP contribution < -0.4 is 0 Å². The summed E-state index contributed by atoms with van der Waals surface area (Å²) in [5.74, 6) is 0.260. The van der Waals surface area contributed by atoms with Crippen LogP contribution in [0.25, 0.3) is 11.4 Å². The van der Waals surface area contributed by atoms with Crippen LogP contribution in [0.5, 0.6) is 0 Å². The lowest BCUT2D eigenvalue weighted by Crippen LogP contribution is -2.17. The van der Waals surface area contributed by atoms with Crippen LogP contribution in [0.15, 0.2) is 29.4 Å². The summed E-state index contributed by atoms with van der Waals surface area (Å²) in [6.07, 6.45) is 2.08. The SMILES string of the molecule is COC(=O)c1c(C)[nH]c(C(=O)CSc2nnc(-c3ccc(Cl)cc3)n2C[C@@H]2CCCO2)c1C. The van der Waals surface area contributed by atoms with Crippen molar-refractivity contribution in [2.24, 2.45) is 0 Å². The average Bonchev–Trinajstić information content (AvgIpc) is 3.53. The standard InChI is InChI=1S/C23H25ClN4O4S/c1-13-19(22(30)31-3)14(2)25-20(13)18(29)12-33-23-27-26-21(15-6-8-16(24)9-7-15)28(23)11-17-5-4-10-32-17/h6-9,17,25H,4-5,10-12H2,1-3H3/t17-/m0/s1. The molecule has 0 aliphatic carbocycles. The summed E-state index contributed by atoms with van der Waals surface area (Å²) in [5, 5.41) is 10.0. The number of nitrogens with one attached hydrogen (secondary N) is 1. The summed E-state index contributed by atoms with van der Waals surface area (Å²) >= 11 is 7.35. The van der Waals surface area contributed by atoms with Gasteiger partial charge in [-0.25, -0.2) is 4.79 Å². The molecule has 4 rings (SSSR count). The minimum atomic E-state index is -0.461. The van der Waals surface area contributed by atoms with Crippen LogP contribution in [0.4, 0.5) is 0 Å². The lowest BCUT2D eigenvalue weighted by Gasteiger charge is -2.14.